The Morgan fingerprint density at radius 2 is 1.91 bits per heavy atom. The molecule has 122 valence electrons. The van der Waals surface area contributed by atoms with Crippen molar-refractivity contribution in [1.29, 1.82) is 0 Å². The molecule has 1 aromatic heterocycles. The highest BCUT2D eigenvalue weighted by Crippen LogP contribution is 2.31. The molecule has 0 spiro atoms. The molecule has 0 radical (unpaired) electrons. The van der Waals surface area contributed by atoms with E-state index in [0.29, 0.717) is 22.2 Å². The number of carbonyl (C=O) groups is 1. The first-order valence-electron chi connectivity index (χ1n) is 7.95. The van der Waals surface area contributed by atoms with Crippen LogP contribution in [-0.2, 0) is 0 Å². The molecule has 3 rings (SSSR count). The van der Waals surface area contributed by atoms with Crippen LogP contribution in [0.5, 0.6) is 0 Å². The quantitative estimate of drug-likeness (QED) is 0.818. The van der Waals surface area contributed by atoms with Gasteiger partial charge in [-0.2, -0.15) is 0 Å². The third-order valence-electron chi connectivity index (χ3n) is 4.52. The lowest BCUT2D eigenvalue weighted by atomic mass is 9.97. The van der Waals surface area contributed by atoms with Gasteiger partial charge in [-0.3, -0.25) is 4.79 Å². The monoisotopic (exact) mass is 332 g/mol. The molecule has 23 heavy (non-hydrogen) atoms. The number of hydrogen-bond donors (Lipinski definition) is 1. The number of carbonyl (C=O) groups excluding carboxylic acids is 1. The maximum absolute atomic E-state index is 12.8. The summed E-state index contributed by atoms with van der Waals surface area (Å²) in [7, 11) is 0. The number of hydrogen-bond acceptors (Lipinski definition) is 3. The van der Waals surface area contributed by atoms with E-state index >= 15 is 0 Å². The molecule has 0 aliphatic carbocycles. The molecule has 0 bridgehead atoms. The fourth-order valence-electron chi connectivity index (χ4n) is 3.30. The van der Waals surface area contributed by atoms with E-state index in [1.54, 1.807) is 30.3 Å². The summed E-state index contributed by atoms with van der Waals surface area (Å²) in [5, 5.41) is 0.574. The van der Waals surface area contributed by atoms with Crippen molar-refractivity contribution in [3.05, 3.63) is 41.1 Å². The Labute approximate surface area is 141 Å². The first kappa shape index (κ1) is 15.9. The molecule has 1 aliphatic rings. The largest absolute Gasteiger partial charge is 0.451 e. The molecule has 4 nitrogen and oxygen atoms in total. The fraction of sp³-hybridized carbons (Fsp3) is 0.389. The third-order valence-corrected chi connectivity index (χ3v) is 4.76. The number of rotatable bonds is 2. The molecular formula is C18H21ClN2O2. The van der Waals surface area contributed by atoms with Crippen LogP contribution in [0.2, 0.25) is 5.02 Å². The van der Waals surface area contributed by atoms with Crippen LogP contribution in [0.25, 0.3) is 11.3 Å². The molecule has 1 aromatic carbocycles. The molecule has 2 heterocycles. The van der Waals surface area contributed by atoms with E-state index in [4.69, 9.17) is 21.8 Å². The maximum atomic E-state index is 12.8. The Bertz CT molecular complexity index is 716. The summed E-state index contributed by atoms with van der Waals surface area (Å²) in [5.74, 6) is 0.887. The molecule has 5 heteroatoms. The minimum absolute atomic E-state index is 0.0523. The van der Waals surface area contributed by atoms with Gasteiger partial charge in [0, 0.05) is 28.4 Å². The van der Waals surface area contributed by atoms with Gasteiger partial charge in [0.05, 0.1) is 0 Å². The van der Waals surface area contributed by atoms with Gasteiger partial charge in [-0.05, 0) is 63.4 Å². The number of amides is 1. The zero-order valence-electron chi connectivity index (χ0n) is 13.4. The number of furan rings is 1. The molecule has 2 N–H and O–H groups in total. The van der Waals surface area contributed by atoms with Crippen molar-refractivity contribution in [2.45, 2.75) is 45.2 Å². The standard InChI is InChI=1S/C18H21ClN2O2/c1-11-4-3-5-12(2)21(11)18(22)17-9-8-16(23-17)14-7-6-13(19)10-15(14)20/h6-12H,3-5,20H2,1-2H3/t11-,12-/m0/s1. The summed E-state index contributed by atoms with van der Waals surface area (Å²) < 4.78 is 5.79. The van der Waals surface area contributed by atoms with E-state index < -0.39 is 0 Å². The van der Waals surface area contributed by atoms with Crippen LogP contribution in [0.15, 0.2) is 34.7 Å². The minimum atomic E-state index is -0.0523. The second kappa shape index (κ2) is 6.28. The highest BCUT2D eigenvalue weighted by molar-refractivity contribution is 6.31. The minimum Gasteiger partial charge on any atom is -0.451 e. The SMILES string of the molecule is C[C@H]1CCC[C@H](C)N1C(=O)c1ccc(-c2ccc(Cl)cc2N)o1. The number of benzene rings is 1. The molecule has 1 saturated heterocycles. The molecule has 2 atom stereocenters. The zero-order valence-corrected chi connectivity index (χ0v) is 14.1. The number of nitrogen functional groups attached to an aromatic ring is 1. The summed E-state index contributed by atoms with van der Waals surface area (Å²) >= 11 is 5.92. The molecule has 2 aromatic rings. The average Bonchev–Trinajstić information content (AvgIpc) is 2.96. The Balaban J connectivity index is 1.88. The van der Waals surface area contributed by atoms with Gasteiger partial charge in [-0.25, -0.2) is 0 Å². The van der Waals surface area contributed by atoms with Crippen molar-refractivity contribution in [3.63, 3.8) is 0 Å². The third kappa shape index (κ3) is 3.08. The summed E-state index contributed by atoms with van der Waals surface area (Å²) in [4.78, 5) is 14.7. The highest BCUT2D eigenvalue weighted by atomic mass is 35.5. The molecule has 0 saturated carbocycles. The number of piperidine rings is 1. The second-order valence-corrected chi connectivity index (χ2v) is 6.67. The van der Waals surface area contributed by atoms with Crippen LogP contribution in [0.1, 0.15) is 43.7 Å². The Kier molecular flexibility index (Phi) is 4.35. The van der Waals surface area contributed by atoms with Gasteiger partial charge in [0.15, 0.2) is 5.76 Å². The van der Waals surface area contributed by atoms with Gasteiger partial charge < -0.3 is 15.1 Å². The van der Waals surface area contributed by atoms with Crippen LogP contribution in [-0.4, -0.2) is 22.9 Å². The predicted molar refractivity (Wildman–Crippen MR) is 92.5 cm³/mol. The summed E-state index contributed by atoms with van der Waals surface area (Å²) in [5.41, 5.74) is 7.26. The Morgan fingerprint density at radius 3 is 2.57 bits per heavy atom. The van der Waals surface area contributed by atoms with Gasteiger partial charge in [-0.1, -0.05) is 11.6 Å². The lowest BCUT2D eigenvalue weighted by Crippen LogP contribution is -2.47. The number of nitrogens with zero attached hydrogens (tertiary/aromatic N) is 1. The predicted octanol–water partition coefficient (Wildman–Crippen LogP) is 4.59. The van der Waals surface area contributed by atoms with Crippen molar-refractivity contribution in [1.82, 2.24) is 4.90 Å². The number of nitrogens with two attached hydrogens (primary N) is 1. The lowest BCUT2D eigenvalue weighted by Gasteiger charge is -2.38. The zero-order chi connectivity index (χ0) is 16.6. The summed E-state index contributed by atoms with van der Waals surface area (Å²) in [6.07, 6.45) is 3.23. The molecular weight excluding hydrogens is 312 g/mol. The van der Waals surface area contributed by atoms with Gasteiger partial charge in [0.2, 0.25) is 0 Å². The van der Waals surface area contributed by atoms with Crippen molar-refractivity contribution in [3.8, 4) is 11.3 Å². The van der Waals surface area contributed by atoms with E-state index in [0.717, 1.165) is 24.8 Å². The number of anilines is 1. The Hall–Kier alpha value is -1.94. The molecule has 0 unspecified atom stereocenters. The highest BCUT2D eigenvalue weighted by Gasteiger charge is 2.31. The van der Waals surface area contributed by atoms with Crippen LogP contribution in [0.3, 0.4) is 0 Å². The van der Waals surface area contributed by atoms with Crippen molar-refractivity contribution in [2.75, 3.05) is 5.73 Å². The van der Waals surface area contributed by atoms with Crippen LogP contribution in [0.4, 0.5) is 5.69 Å². The molecule has 1 fully saturated rings. The van der Waals surface area contributed by atoms with Gasteiger partial charge in [0.25, 0.3) is 5.91 Å². The van der Waals surface area contributed by atoms with E-state index in [9.17, 15) is 4.79 Å². The van der Waals surface area contributed by atoms with E-state index in [1.807, 2.05) is 4.90 Å². The normalized spacial score (nSPS) is 21.4. The van der Waals surface area contributed by atoms with Crippen LogP contribution < -0.4 is 5.73 Å². The number of halogens is 1. The second-order valence-electron chi connectivity index (χ2n) is 6.24. The fourth-order valence-corrected chi connectivity index (χ4v) is 3.48. The topological polar surface area (TPSA) is 59.5 Å². The average molecular weight is 333 g/mol. The first-order valence-corrected chi connectivity index (χ1v) is 8.33. The number of likely N-dealkylation sites (tertiary alicyclic amines) is 1. The van der Waals surface area contributed by atoms with Gasteiger partial charge in [0.1, 0.15) is 5.76 Å². The van der Waals surface area contributed by atoms with Crippen molar-refractivity contribution < 1.29 is 9.21 Å². The van der Waals surface area contributed by atoms with E-state index in [-0.39, 0.29) is 18.0 Å². The molecule has 1 amide bonds. The van der Waals surface area contributed by atoms with Crippen molar-refractivity contribution in [2.24, 2.45) is 0 Å². The van der Waals surface area contributed by atoms with Crippen LogP contribution >= 0.6 is 11.6 Å². The van der Waals surface area contributed by atoms with Crippen molar-refractivity contribution >= 4 is 23.2 Å². The van der Waals surface area contributed by atoms with E-state index in [2.05, 4.69) is 13.8 Å². The van der Waals surface area contributed by atoms with Crippen LogP contribution in [0, 0.1) is 0 Å². The van der Waals surface area contributed by atoms with Gasteiger partial charge in [-0.15, -0.1) is 0 Å². The maximum Gasteiger partial charge on any atom is 0.290 e. The first-order chi connectivity index (χ1) is 11.0. The summed E-state index contributed by atoms with van der Waals surface area (Å²) in [6, 6.07) is 9.21. The molecule has 1 aliphatic heterocycles. The lowest BCUT2D eigenvalue weighted by molar-refractivity contribution is 0.0479. The van der Waals surface area contributed by atoms with Gasteiger partial charge >= 0.3 is 0 Å². The van der Waals surface area contributed by atoms with E-state index in [1.165, 1.54) is 0 Å². The summed E-state index contributed by atoms with van der Waals surface area (Å²) in [6.45, 7) is 4.18. The smallest absolute Gasteiger partial charge is 0.290 e. The Morgan fingerprint density at radius 1 is 1.22 bits per heavy atom.